The molecule has 0 radical (unpaired) electrons. The molecule has 2 rings (SSSR count). The molecule has 0 saturated heterocycles. The maximum absolute atomic E-state index is 11.7. The minimum absolute atomic E-state index is 0.187. The van der Waals surface area contributed by atoms with Crippen molar-refractivity contribution in [1.82, 2.24) is 0 Å². The third-order valence-electron chi connectivity index (χ3n) is 4.65. The SMILES string of the molecule is COc1cc(C)c(OC)c(C)c1C/C(C)=C/C=C(/C(C)=O)C1CC1. The van der Waals surface area contributed by atoms with E-state index >= 15 is 0 Å². The standard InChI is InChI=1S/C21H28O3/c1-13(7-10-18(16(4)22)17-8-9-17)11-19-15(3)21(24-6)14(2)12-20(19)23-5/h7,10,12,17H,8-9,11H2,1-6H3/b13-7+,18-10-. The van der Waals surface area contributed by atoms with Gasteiger partial charge in [-0.2, -0.15) is 0 Å². The average molecular weight is 328 g/mol. The number of hydrogen-bond acceptors (Lipinski definition) is 3. The Balaban J connectivity index is 2.31. The number of methoxy groups -OCH3 is 2. The molecule has 1 aliphatic carbocycles. The second kappa shape index (κ2) is 7.69. The molecule has 3 heteroatoms. The van der Waals surface area contributed by atoms with E-state index in [1.54, 1.807) is 21.1 Å². The lowest BCUT2D eigenvalue weighted by Crippen LogP contribution is -2.02. The van der Waals surface area contributed by atoms with E-state index in [-0.39, 0.29) is 5.78 Å². The van der Waals surface area contributed by atoms with Gasteiger partial charge in [0.25, 0.3) is 0 Å². The smallest absolute Gasteiger partial charge is 0.156 e. The zero-order valence-electron chi connectivity index (χ0n) is 15.7. The Morgan fingerprint density at radius 3 is 2.33 bits per heavy atom. The van der Waals surface area contributed by atoms with Crippen molar-refractivity contribution in [2.75, 3.05) is 14.2 Å². The second-order valence-electron chi connectivity index (χ2n) is 6.67. The summed E-state index contributed by atoms with van der Waals surface area (Å²) in [5.74, 6) is 2.46. The molecule has 0 unspecified atom stereocenters. The molecule has 0 amide bonds. The minimum atomic E-state index is 0.187. The summed E-state index contributed by atoms with van der Waals surface area (Å²) in [6.07, 6.45) is 7.13. The van der Waals surface area contributed by atoms with Crippen molar-refractivity contribution in [3.05, 3.63) is 46.1 Å². The van der Waals surface area contributed by atoms with Crippen LogP contribution < -0.4 is 9.47 Å². The molecule has 1 saturated carbocycles. The molecule has 1 fully saturated rings. The first-order valence-electron chi connectivity index (χ1n) is 8.48. The van der Waals surface area contributed by atoms with Gasteiger partial charge >= 0.3 is 0 Å². The van der Waals surface area contributed by atoms with Crippen molar-refractivity contribution in [2.45, 2.75) is 47.0 Å². The van der Waals surface area contributed by atoms with E-state index in [4.69, 9.17) is 9.47 Å². The Hall–Kier alpha value is -2.03. The van der Waals surface area contributed by atoms with Crippen molar-refractivity contribution in [3.63, 3.8) is 0 Å². The highest BCUT2D eigenvalue weighted by Crippen LogP contribution is 2.37. The molecule has 1 aromatic carbocycles. The lowest BCUT2D eigenvalue weighted by atomic mass is 9.96. The number of aryl methyl sites for hydroxylation is 1. The number of allylic oxidation sites excluding steroid dienone is 4. The maximum atomic E-state index is 11.7. The fourth-order valence-electron chi connectivity index (χ4n) is 3.19. The van der Waals surface area contributed by atoms with E-state index < -0.39 is 0 Å². The molecule has 24 heavy (non-hydrogen) atoms. The largest absolute Gasteiger partial charge is 0.496 e. The molecular weight excluding hydrogens is 300 g/mol. The van der Waals surface area contributed by atoms with Gasteiger partial charge in [0.2, 0.25) is 0 Å². The van der Waals surface area contributed by atoms with Gasteiger partial charge in [0, 0.05) is 5.56 Å². The Labute approximate surface area is 145 Å². The van der Waals surface area contributed by atoms with E-state index in [1.807, 2.05) is 19.1 Å². The van der Waals surface area contributed by atoms with Crippen molar-refractivity contribution in [3.8, 4) is 11.5 Å². The third-order valence-corrected chi connectivity index (χ3v) is 4.65. The number of benzene rings is 1. The molecular formula is C21H28O3. The van der Waals surface area contributed by atoms with Gasteiger partial charge in [0.15, 0.2) is 5.78 Å². The molecule has 0 bridgehead atoms. The van der Waals surface area contributed by atoms with Crippen LogP contribution in [0.15, 0.2) is 29.4 Å². The van der Waals surface area contributed by atoms with Gasteiger partial charge in [-0.05, 0) is 75.6 Å². The number of Topliss-reactive ketones (excluding diaryl/α,β-unsaturated/α-hetero) is 1. The van der Waals surface area contributed by atoms with Crippen LogP contribution >= 0.6 is 0 Å². The number of rotatable bonds is 7. The molecule has 0 atom stereocenters. The van der Waals surface area contributed by atoms with Gasteiger partial charge in [-0.25, -0.2) is 0 Å². The van der Waals surface area contributed by atoms with Crippen LogP contribution in [0, 0.1) is 19.8 Å². The molecule has 3 nitrogen and oxygen atoms in total. The van der Waals surface area contributed by atoms with E-state index in [0.29, 0.717) is 5.92 Å². The van der Waals surface area contributed by atoms with Gasteiger partial charge in [-0.15, -0.1) is 0 Å². The van der Waals surface area contributed by atoms with Crippen LogP contribution in [-0.2, 0) is 11.2 Å². The summed E-state index contributed by atoms with van der Waals surface area (Å²) in [4.78, 5) is 11.7. The van der Waals surface area contributed by atoms with E-state index in [0.717, 1.165) is 53.0 Å². The van der Waals surface area contributed by atoms with Gasteiger partial charge in [-0.3, -0.25) is 4.79 Å². The van der Waals surface area contributed by atoms with Crippen LogP contribution in [0.5, 0.6) is 11.5 Å². The number of carbonyl (C=O) groups excluding carboxylic acids is 1. The van der Waals surface area contributed by atoms with Crippen LogP contribution in [0.4, 0.5) is 0 Å². The average Bonchev–Trinajstić information content (AvgIpc) is 3.35. The first kappa shape index (κ1) is 18.3. The monoisotopic (exact) mass is 328 g/mol. The molecule has 130 valence electrons. The van der Waals surface area contributed by atoms with E-state index in [9.17, 15) is 4.79 Å². The van der Waals surface area contributed by atoms with Gasteiger partial charge in [0.1, 0.15) is 11.5 Å². The summed E-state index contributed by atoms with van der Waals surface area (Å²) in [5.41, 5.74) is 5.48. The van der Waals surface area contributed by atoms with Crippen LogP contribution in [-0.4, -0.2) is 20.0 Å². The van der Waals surface area contributed by atoms with Crippen LogP contribution in [0.1, 0.15) is 43.4 Å². The zero-order chi connectivity index (χ0) is 17.9. The topological polar surface area (TPSA) is 35.5 Å². The Kier molecular flexibility index (Phi) is 5.87. The molecule has 1 aromatic rings. The summed E-state index contributed by atoms with van der Waals surface area (Å²) >= 11 is 0. The molecule has 0 heterocycles. The van der Waals surface area contributed by atoms with Gasteiger partial charge in [0.05, 0.1) is 14.2 Å². The van der Waals surface area contributed by atoms with Crippen molar-refractivity contribution < 1.29 is 14.3 Å². The highest BCUT2D eigenvalue weighted by Gasteiger charge is 2.27. The summed E-state index contributed by atoms with van der Waals surface area (Å²) in [5, 5.41) is 0. The van der Waals surface area contributed by atoms with Crippen LogP contribution in [0.2, 0.25) is 0 Å². The third kappa shape index (κ3) is 4.08. The summed E-state index contributed by atoms with van der Waals surface area (Å²) in [7, 11) is 3.40. The van der Waals surface area contributed by atoms with Crippen LogP contribution in [0.25, 0.3) is 0 Å². The van der Waals surface area contributed by atoms with E-state index in [1.165, 1.54) is 5.57 Å². The molecule has 0 aliphatic heterocycles. The Morgan fingerprint density at radius 1 is 1.17 bits per heavy atom. The molecule has 0 N–H and O–H groups in total. The summed E-state index contributed by atoms with van der Waals surface area (Å²) < 4.78 is 11.1. The van der Waals surface area contributed by atoms with Crippen molar-refractivity contribution >= 4 is 5.78 Å². The first-order chi connectivity index (χ1) is 11.4. The molecule has 0 spiro atoms. The number of ketones is 1. The Bertz CT molecular complexity index is 692. The quantitative estimate of drug-likeness (QED) is 0.536. The number of carbonyl (C=O) groups is 1. The zero-order valence-corrected chi connectivity index (χ0v) is 15.7. The number of ether oxygens (including phenoxy) is 2. The second-order valence-corrected chi connectivity index (χ2v) is 6.67. The number of hydrogen-bond donors (Lipinski definition) is 0. The highest BCUT2D eigenvalue weighted by molar-refractivity contribution is 5.94. The van der Waals surface area contributed by atoms with Gasteiger partial charge in [-0.1, -0.05) is 17.7 Å². The highest BCUT2D eigenvalue weighted by atomic mass is 16.5. The fraction of sp³-hybridized carbons (Fsp3) is 0.476. The maximum Gasteiger partial charge on any atom is 0.156 e. The Morgan fingerprint density at radius 2 is 1.83 bits per heavy atom. The predicted octanol–water partition coefficient (Wildman–Crippen LogP) is 4.73. The van der Waals surface area contributed by atoms with Crippen molar-refractivity contribution in [2.24, 2.45) is 5.92 Å². The van der Waals surface area contributed by atoms with Crippen LogP contribution in [0.3, 0.4) is 0 Å². The first-order valence-corrected chi connectivity index (χ1v) is 8.48. The molecule has 1 aliphatic rings. The fourth-order valence-corrected chi connectivity index (χ4v) is 3.19. The van der Waals surface area contributed by atoms with E-state index in [2.05, 4.69) is 19.9 Å². The normalized spacial score (nSPS) is 15.4. The van der Waals surface area contributed by atoms with Crippen molar-refractivity contribution in [1.29, 1.82) is 0 Å². The predicted molar refractivity (Wildman–Crippen MR) is 98.0 cm³/mol. The lowest BCUT2D eigenvalue weighted by molar-refractivity contribution is -0.113. The molecule has 0 aromatic heterocycles. The summed E-state index contributed by atoms with van der Waals surface area (Å²) in [6, 6.07) is 2.02. The summed E-state index contributed by atoms with van der Waals surface area (Å²) in [6.45, 7) is 7.84. The minimum Gasteiger partial charge on any atom is -0.496 e. The van der Waals surface area contributed by atoms with Gasteiger partial charge < -0.3 is 9.47 Å². The lowest BCUT2D eigenvalue weighted by Gasteiger charge is -2.17.